The second-order valence-corrected chi connectivity index (χ2v) is 3.55. The molecule has 17 heavy (non-hydrogen) atoms. The van der Waals surface area contributed by atoms with E-state index in [2.05, 4.69) is 15.2 Å². The number of nitrogens with zero attached hydrogens (tertiary/aromatic N) is 3. The molecule has 0 atom stereocenters. The maximum absolute atomic E-state index is 13.0. The summed E-state index contributed by atoms with van der Waals surface area (Å²) in [5.41, 5.74) is 7.36. The van der Waals surface area contributed by atoms with Crippen molar-refractivity contribution in [2.45, 2.75) is 13.8 Å². The van der Waals surface area contributed by atoms with Crippen LogP contribution >= 0.6 is 0 Å². The minimum Gasteiger partial charge on any atom is -0.421 e. The molecule has 0 radical (unpaired) electrons. The monoisotopic (exact) mass is 234 g/mol. The Kier molecular flexibility index (Phi) is 2.86. The van der Waals surface area contributed by atoms with Crippen LogP contribution in [-0.2, 0) is 0 Å². The highest BCUT2D eigenvalue weighted by Crippen LogP contribution is 2.25. The second kappa shape index (κ2) is 4.32. The van der Waals surface area contributed by atoms with Gasteiger partial charge in [-0.3, -0.25) is 0 Å². The van der Waals surface area contributed by atoms with Gasteiger partial charge in [0.25, 0.3) is 0 Å². The third-order valence-electron chi connectivity index (χ3n) is 2.25. The number of nitrogen functional groups attached to an aromatic ring is 1. The van der Waals surface area contributed by atoms with Gasteiger partial charge < -0.3 is 10.5 Å². The largest absolute Gasteiger partial charge is 0.421 e. The fourth-order valence-corrected chi connectivity index (χ4v) is 1.18. The SMILES string of the molecule is Cc1nnc(Oc2cc(F)ccc2N)nc1C. The topological polar surface area (TPSA) is 73.9 Å². The van der Waals surface area contributed by atoms with Crippen molar-refractivity contribution < 1.29 is 9.13 Å². The van der Waals surface area contributed by atoms with E-state index < -0.39 is 5.82 Å². The number of ether oxygens (including phenoxy) is 1. The zero-order chi connectivity index (χ0) is 12.4. The summed E-state index contributed by atoms with van der Waals surface area (Å²) in [5, 5.41) is 7.60. The zero-order valence-electron chi connectivity index (χ0n) is 9.44. The first kappa shape index (κ1) is 11.3. The van der Waals surface area contributed by atoms with E-state index in [1.165, 1.54) is 18.2 Å². The van der Waals surface area contributed by atoms with Gasteiger partial charge in [-0.25, -0.2) is 4.39 Å². The molecule has 0 aliphatic heterocycles. The summed E-state index contributed by atoms with van der Waals surface area (Å²) in [7, 11) is 0. The summed E-state index contributed by atoms with van der Waals surface area (Å²) in [6.07, 6.45) is 0. The number of halogens is 1. The first-order chi connectivity index (χ1) is 8.06. The number of nitrogens with two attached hydrogens (primary N) is 1. The summed E-state index contributed by atoms with van der Waals surface area (Å²) in [6.45, 7) is 3.57. The van der Waals surface area contributed by atoms with Crippen LogP contribution in [0.1, 0.15) is 11.4 Å². The Bertz CT molecular complexity index is 559. The number of anilines is 1. The van der Waals surface area contributed by atoms with Gasteiger partial charge in [-0.2, -0.15) is 4.98 Å². The standard InChI is InChI=1S/C11H11FN4O/c1-6-7(2)15-16-11(14-6)17-10-5-8(12)3-4-9(10)13/h3-5H,13H2,1-2H3. The van der Waals surface area contributed by atoms with Crippen LogP contribution in [0.4, 0.5) is 10.1 Å². The molecule has 5 nitrogen and oxygen atoms in total. The van der Waals surface area contributed by atoms with E-state index >= 15 is 0 Å². The number of aromatic nitrogens is 3. The Morgan fingerprint density at radius 1 is 1.18 bits per heavy atom. The molecule has 0 amide bonds. The van der Waals surface area contributed by atoms with Crippen molar-refractivity contribution in [2.24, 2.45) is 0 Å². The van der Waals surface area contributed by atoms with Crippen LogP contribution in [0.3, 0.4) is 0 Å². The number of rotatable bonds is 2. The molecule has 88 valence electrons. The normalized spacial score (nSPS) is 10.3. The molecule has 1 aromatic carbocycles. The van der Waals surface area contributed by atoms with E-state index in [-0.39, 0.29) is 11.8 Å². The molecule has 0 fully saturated rings. The molecular formula is C11H11FN4O. The van der Waals surface area contributed by atoms with Crippen LogP contribution < -0.4 is 10.5 Å². The number of hydrogen-bond acceptors (Lipinski definition) is 5. The molecule has 0 bridgehead atoms. The fraction of sp³-hybridized carbons (Fsp3) is 0.182. The van der Waals surface area contributed by atoms with Crippen LogP contribution in [-0.4, -0.2) is 15.2 Å². The molecule has 0 spiro atoms. The van der Waals surface area contributed by atoms with E-state index in [1.54, 1.807) is 13.8 Å². The van der Waals surface area contributed by atoms with Crippen molar-refractivity contribution >= 4 is 5.69 Å². The van der Waals surface area contributed by atoms with Gasteiger partial charge in [0.05, 0.1) is 17.1 Å². The summed E-state index contributed by atoms with van der Waals surface area (Å²) in [5.74, 6) is -0.263. The lowest BCUT2D eigenvalue weighted by molar-refractivity contribution is 0.429. The quantitative estimate of drug-likeness (QED) is 0.804. The molecule has 0 saturated heterocycles. The van der Waals surface area contributed by atoms with Gasteiger partial charge >= 0.3 is 6.01 Å². The van der Waals surface area contributed by atoms with Gasteiger partial charge in [-0.15, -0.1) is 5.10 Å². The Morgan fingerprint density at radius 2 is 1.94 bits per heavy atom. The highest BCUT2D eigenvalue weighted by molar-refractivity contribution is 5.53. The number of benzene rings is 1. The summed E-state index contributed by atoms with van der Waals surface area (Å²) >= 11 is 0. The lowest BCUT2D eigenvalue weighted by Crippen LogP contribution is -2.01. The van der Waals surface area contributed by atoms with Crippen LogP contribution in [0.2, 0.25) is 0 Å². The average Bonchev–Trinajstić information content (AvgIpc) is 2.29. The van der Waals surface area contributed by atoms with Crippen LogP contribution in [0.15, 0.2) is 18.2 Å². The zero-order valence-corrected chi connectivity index (χ0v) is 9.44. The fourth-order valence-electron chi connectivity index (χ4n) is 1.18. The third-order valence-corrected chi connectivity index (χ3v) is 2.25. The molecule has 2 aromatic rings. The van der Waals surface area contributed by atoms with Crippen molar-refractivity contribution in [1.29, 1.82) is 0 Å². The van der Waals surface area contributed by atoms with E-state index in [1.807, 2.05) is 0 Å². The number of aryl methyl sites for hydroxylation is 2. The highest BCUT2D eigenvalue weighted by Gasteiger charge is 2.07. The predicted octanol–water partition coefficient (Wildman–Crippen LogP) is 2.00. The molecule has 1 heterocycles. The molecule has 6 heteroatoms. The minimum atomic E-state index is -0.439. The second-order valence-electron chi connectivity index (χ2n) is 3.55. The van der Waals surface area contributed by atoms with Crippen LogP contribution in [0.5, 0.6) is 11.8 Å². The van der Waals surface area contributed by atoms with Gasteiger partial charge in [0, 0.05) is 6.07 Å². The average molecular weight is 234 g/mol. The summed E-state index contributed by atoms with van der Waals surface area (Å²) in [4.78, 5) is 4.06. The summed E-state index contributed by atoms with van der Waals surface area (Å²) < 4.78 is 18.3. The molecule has 0 saturated carbocycles. The van der Waals surface area contributed by atoms with Crippen LogP contribution in [0.25, 0.3) is 0 Å². The smallest absolute Gasteiger partial charge is 0.341 e. The van der Waals surface area contributed by atoms with Gasteiger partial charge in [0.2, 0.25) is 0 Å². The maximum atomic E-state index is 13.0. The molecule has 2 rings (SSSR count). The van der Waals surface area contributed by atoms with Crippen molar-refractivity contribution in [3.63, 3.8) is 0 Å². The molecular weight excluding hydrogens is 223 g/mol. The summed E-state index contributed by atoms with van der Waals surface area (Å²) in [6, 6.07) is 3.89. The Morgan fingerprint density at radius 3 is 2.65 bits per heavy atom. The van der Waals surface area contributed by atoms with Gasteiger partial charge in [-0.1, -0.05) is 5.10 Å². The molecule has 1 aromatic heterocycles. The maximum Gasteiger partial charge on any atom is 0.341 e. The number of hydrogen-bond donors (Lipinski definition) is 1. The molecule has 0 aliphatic rings. The molecule has 2 N–H and O–H groups in total. The predicted molar refractivity (Wildman–Crippen MR) is 60.2 cm³/mol. The van der Waals surface area contributed by atoms with Crippen molar-refractivity contribution in [3.05, 3.63) is 35.4 Å². The van der Waals surface area contributed by atoms with Crippen LogP contribution in [0, 0.1) is 19.7 Å². The van der Waals surface area contributed by atoms with Crippen molar-refractivity contribution in [3.8, 4) is 11.8 Å². The first-order valence-electron chi connectivity index (χ1n) is 4.97. The van der Waals surface area contributed by atoms with Gasteiger partial charge in [0.15, 0.2) is 5.75 Å². The lowest BCUT2D eigenvalue weighted by atomic mass is 10.3. The molecule has 0 unspecified atom stereocenters. The van der Waals surface area contributed by atoms with E-state index in [4.69, 9.17) is 10.5 Å². The Labute approximate surface area is 97.5 Å². The highest BCUT2D eigenvalue weighted by atomic mass is 19.1. The Balaban J connectivity index is 2.31. The third kappa shape index (κ3) is 2.47. The van der Waals surface area contributed by atoms with E-state index in [0.29, 0.717) is 17.1 Å². The lowest BCUT2D eigenvalue weighted by Gasteiger charge is -2.07. The van der Waals surface area contributed by atoms with Crippen molar-refractivity contribution in [2.75, 3.05) is 5.73 Å². The first-order valence-corrected chi connectivity index (χ1v) is 4.97. The van der Waals surface area contributed by atoms with Crippen molar-refractivity contribution in [1.82, 2.24) is 15.2 Å². The molecule has 0 aliphatic carbocycles. The Hall–Kier alpha value is -2.24. The van der Waals surface area contributed by atoms with Gasteiger partial charge in [-0.05, 0) is 26.0 Å². The van der Waals surface area contributed by atoms with Gasteiger partial charge in [0.1, 0.15) is 5.82 Å². The minimum absolute atomic E-state index is 0.0467. The van der Waals surface area contributed by atoms with E-state index in [9.17, 15) is 4.39 Å². The van der Waals surface area contributed by atoms with E-state index in [0.717, 1.165) is 0 Å².